The molecule has 0 aromatic rings. The van der Waals surface area contributed by atoms with Crippen LogP contribution < -0.4 is 5.32 Å². The number of nitrogens with zero attached hydrogens (tertiary/aromatic N) is 2. The van der Waals surface area contributed by atoms with Crippen molar-refractivity contribution in [2.24, 2.45) is 11.3 Å². The van der Waals surface area contributed by atoms with Crippen LogP contribution in [0.4, 0.5) is 0 Å². The van der Waals surface area contributed by atoms with Crippen LogP contribution in [0, 0.1) is 11.3 Å². The first kappa shape index (κ1) is 14.3. The van der Waals surface area contributed by atoms with Crippen LogP contribution in [0.3, 0.4) is 0 Å². The quantitative estimate of drug-likeness (QED) is 0.804. The third-order valence-corrected chi connectivity index (χ3v) is 5.09. The van der Waals surface area contributed by atoms with E-state index in [1.54, 1.807) is 0 Å². The minimum atomic E-state index is 0.523. The smallest absolute Gasteiger partial charge is 0.0223 e. The highest BCUT2D eigenvalue weighted by Crippen LogP contribution is 2.36. The Morgan fingerprint density at radius 1 is 1.39 bits per heavy atom. The minimum absolute atomic E-state index is 0.523. The van der Waals surface area contributed by atoms with Crippen molar-refractivity contribution in [2.75, 3.05) is 46.8 Å². The van der Waals surface area contributed by atoms with Gasteiger partial charge in [0.25, 0.3) is 0 Å². The molecule has 2 aliphatic rings. The highest BCUT2D eigenvalue weighted by atomic mass is 15.2. The van der Waals surface area contributed by atoms with Crippen molar-refractivity contribution in [1.82, 2.24) is 15.1 Å². The number of hydrogen-bond acceptors (Lipinski definition) is 3. The molecule has 2 rings (SSSR count). The molecular formula is C15H31N3. The average molecular weight is 253 g/mol. The predicted octanol–water partition coefficient (Wildman–Crippen LogP) is 1.65. The van der Waals surface area contributed by atoms with E-state index in [0.29, 0.717) is 5.41 Å². The number of rotatable bonds is 5. The molecule has 2 saturated heterocycles. The molecule has 3 nitrogen and oxygen atoms in total. The van der Waals surface area contributed by atoms with Crippen molar-refractivity contribution in [3.8, 4) is 0 Å². The fourth-order valence-electron chi connectivity index (χ4n) is 3.71. The van der Waals surface area contributed by atoms with Crippen molar-refractivity contribution in [1.29, 1.82) is 0 Å². The third kappa shape index (κ3) is 3.06. The molecule has 1 N–H and O–H groups in total. The highest BCUT2D eigenvalue weighted by Gasteiger charge is 2.40. The Morgan fingerprint density at radius 2 is 2.17 bits per heavy atom. The van der Waals surface area contributed by atoms with Crippen LogP contribution in [0.15, 0.2) is 0 Å². The van der Waals surface area contributed by atoms with Gasteiger partial charge in [0.1, 0.15) is 0 Å². The number of nitrogens with one attached hydrogen (secondary N) is 1. The first-order chi connectivity index (χ1) is 8.53. The van der Waals surface area contributed by atoms with E-state index in [1.165, 1.54) is 52.0 Å². The van der Waals surface area contributed by atoms with E-state index in [0.717, 1.165) is 12.0 Å². The van der Waals surface area contributed by atoms with E-state index in [2.05, 4.69) is 43.1 Å². The second-order valence-electron chi connectivity index (χ2n) is 6.97. The van der Waals surface area contributed by atoms with Crippen LogP contribution in [0.1, 0.15) is 33.1 Å². The zero-order chi connectivity index (χ0) is 13.2. The molecule has 0 aromatic heterocycles. The van der Waals surface area contributed by atoms with Gasteiger partial charge < -0.3 is 10.2 Å². The fourth-order valence-corrected chi connectivity index (χ4v) is 3.71. The van der Waals surface area contributed by atoms with E-state index in [9.17, 15) is 0 Å². The first-order valence-electron chi connectivity index (χ1n) is 7.63. The number of hydrogen-bond donors (Lipinski definition) is 1. The highest BCUT2D eigenvalue weighted by molar-refractivity contribution is 4.95. The topological polar surface area (TPSA) is 18.5 Å². The van der Waals surface area contributed by atoms with Crippen LogP contribution in [0.5, 0.6) is 0 Å². The van der Waals surface area contributed by atoms with Crippen molar-refractivity contribution in [3.05, 3.63) is 0 Å². The summed E-state index contributed by atoms with van der Waals surface area (Å²) in [6.45, 7) is 11.1. The Balaban J connectivity index is 1.98. The van der Waals surface area contributed by atoms with Gasteiger partial charge in [0.15, 0.2) is 0 Å². The second kappa shape index (κ2) is 5.89. The molecule has 18 heavy (non-hydrogen) atoms. The molecule has 2 heterocycles. The van der Waals surface area contributed by atoms with Gasteiger partial charge in [-0.05, 0) is 57.8 Å². The Hall–Kier alpha value is -0.120. The van der Waals surface area contributed by atoms with Crippen LogP contribution in [0.2, 0.25) is 0 Å². The van der Waals surface area contributed by atoms with Crippen LogP contribution in [0.25, 0.3) is 0 Å². The Labute approximate surface area is 113 Å². The van der Waals surface area contributed by atoms with Gasteiger partial charge in [-0.15, -0.1) is 0 Å². The van der Waals surface area contributed by atoms with Gasteiger partial charge in [-0.3, -0.25) is 4.90 Å². The maximum atomic E-state index is 3.59. The van der Waals surface area contributed by atoms with Crippen LogP contribution >= 0.6 is 0 Å². The first-order valence-corrected chi connectivity index (χ1v) is 7.63. The molecule has 0 aromatic carbocycles. The Kier molecular flexibility index (Phi) is 4.68. The maximum absolute atomic E-state index is 3.59. The molecule has 0 spiro atoms. The van der Waals surface area contributed by atoms with Gasteiger partial charge in [-0.2, -0.15) is 0 Å². The zero-order valence-corrected chi connectivity index (χ0v) is 12.7. The summed E-state index contributed by atoms with van der Waals surface area (Å²) in [5, 5.41) is 3.59. The summed E-state index contributed by atoms with van der Waals surface area (Å²) in [6, 6.07) is 0.788. The normalized spacial score (nSPS) is 34.0. The minimum Gasteiger partial charge on any atom is -0.316 e. The van der Waals surface area contributed by atoms with E-state index in [4.69, 9.17) is 0 Å². The number of likely N-dealkylation sites (tertiary alicyclic amines) is 1. The van der Waals surface area contributed by atoms with E-state index in [1.807, 2.05) is 0 Å². The molecule has 2 unspecified atom stereocenters. The summed E-state index contributed by atoms with van der Waals surface area (Å²) in [5.41, 5.74) is 0.523. The molecule has 2 aliphatic heterocycles. The van der Waals surface area contributed by atoms with E-state index < -0.39 is 0 Å². The second-order valence-corrected chi connectivity index (χ2v) is 6.97. The molecule has 2 fully saturated rings. The SMILES string of the molecule is CC(C)C1(CN2CCCC2CN(C)C)CCNC1. The molecule has 3 heteroatoms. The maximum Gasteiger partial charge on any atom is 0.0223 e. The lowest BCUT2D eigenvalue weighted by Crippen LogP contribution is -2.47. The van der Waals surface area contributed by atoms with Gasteiger partial charge in [0.05, 0.1) is 0 Å². The molecule has 0 bridgehead atoms. The predicted molar refractivity (Wildman–Crippen MR) is 77.9 cm³/mol. The van der Waals surface area contributed by atoms with Gasteiger partial charge in [0.2, 0.25) is 0 Å². The summed E-state index contributed by atoms with van der Waals surface area (Å²) in [7, 11) is 4.40. The summed E-state index contributed by atoms with van der Waals surface area (Å²) < 4.78 is 0. The summed E-state index contributed by atoms with van der Waals surface area (Å²) >= 11 is 0. The van der Waals surface area contributed by atoms with Gasteiger partial charge in [-0.25, -0.2) is 0 Å². The fraction of sp³-hybridized carbons (Fsp3) is 1.00. The average Bonchev–Trinajstić information content (AvgIpc) is 2.89. The monoisotopic (exact) mass is 253 g/mol. The molecule has 0 radical (unpaired) electrons. The molecule has 2 atom stereocenters. The van der Waals surface area contributed by atoms with Crippen molar-refractivity contribution >= 4 is 0 Å². The zero-order valence-electron chi connectivity index (χ0n) is 12.7. The lowest BCUT2D eigenvalue weighted by molar-refractivity contribution is 0.0986. The summed E-state index contributed by atoms with van der Waals surface area (Å²) in [6.07, 6.45) is 4.13. The van der Waals surface area contributed by atoms with Crippen LogP contribution in [-0.2, 0) is 0 Å². The molecule has 0 saturated carbocycles. The molecule has 0 aliphatic carbocycles. The van der Waals surface area contributed by atoms with Crippen molar-refractivity contribution in [2.45, 2.75) is 39.2 Å². The lowest BCUT2D eigenvalue weighted by Gasteiger charge is -2.39. The van der Waals surface area contributed by atoms with Crippen molar-refractivity contribution < 1.29 is 0 Å². The number of likely N-dealkylation sites (N-methyl/N-ethyl adjacent to an activating group) is 1. The van der Waals surface area contributed by atoms with E-state index in [-0.39, 0.29) is 0 Å². The van der Waals surface area contributed by atoms with Gasteiger partial charge in [-0.1, -0.05) is 13.8 Å². The van der Waals surface area contributed by atoms with Gasteiger partial charge >= 0.3 is 0 Å². The molecular weight excluding hydrogens is 222 g/mol. The summed E-state index contributed by atoms with van der Waals surface area (Å²) in [5.74, 6) is 0.785. The van der Waals surface area contributed by atoms with Crippen LogP contribution in [-0.4, -0.2) is 62.7 Å². The third-order valence-electron chi connectivity index (χ3n) is 5.09. The summed E-state index contributed by atoms with van der Waals surface area (Å²) in [4.78, 5) is 5.12. The molecule has 106 valence electrons. The largest absolute Gasteiger partial charge is 0.316 e. The van der Waals surface area contributed by atoms with Gasteiger partial charge in [0, 0.05) is 25.7 Å². The molecule has 0 amide bonds. The standard InChI is InChI=1S/C15H31N3/c1-13(2)15(7-8-16-11-15)12-18-9-5-6-14(18)10-17(3)4/h13-14,16H,5-12H2,1-4H3. The lowest BCUT2D eigenvalue weighted by atomic mass is 9.76. The van der Waals surface area contributed by atoms with E-state index >= 15 is 0 Å². The Bertz CT molecular complexity index is 256. The van der Waals surface area contributed by atoms with Crippen molar-refractivity contribution in [3.63, 3.8) is 0 Å². The Morgan fingerprint density at radius 3 is 2.72 bits per heavy atom.